The predicted molar refractivity (Wildman–Crippen MR) is 117 cm³/mol. The van der Waals surface area contributed by atoms with Crippen molar-refractivity contribution in [1.29, 1.82) is 0 Å². The molecule has 2 aliphatic heterocycles. The second-order valence-electron chi connectivity index (χ2n) is 7.73. The molecule has 166 valence electrons. The number of halogens is 1. The third-order valence-corrected chi connectivity index (χ3v) is 5.87. The third kappa shape index (κ3) is 3.43. The lowest BCUT2D eigenvalue weighted by atomic mass is 10.1. The number of piperazine rings is 1. The highest BCUT2D eigenvalue weighted by Crippen LogP contribution is 2.33. The number of carbonyl (C=O) groups excluding carboxylic acids is 1. The Kier molecular flexibility index (Phi) is 5.16. The van der Waals surface area contributed by atoms with E-state index in [1.54, 1.807) is 33.7 Å². The molecule has 0 unspecified atom stereocenters. The number of anilines is 1. The van der Waals surface area contributed by atoms with Crippen LogP contribution in [0.1, 0.15) is 17.3 Å². The molecule has 1 amide bonds. The molecule has 32 heavy (non-hydrogen) atoms. The first kappa shape index (κ1) is 20.3. The Morgan fingerprint density at radius 3 is 2.44 bits per heavy atom. The van der Waals surface area contributed by atoms with E-state index in [-0.39, 0.29) is 17.0 Å². The number of nitrogens with zero attached hydrogens (tertiary/aromatic N) is 4. The minimum atomic E-state index is -0.523. The first-order valence-corrected chi connectivity index (χ1v) is 10.7. The van der Waals surface area contributed by atoms with Crippen molar-refractivity contribution < 1.29 is 18.7 Å². The van der Waals surface area contributed by atoms with Crippen LogP contribution in [0.5, 0.6) is 11.5 Å². The number of amides is 1. The molecule has 0 atom stereocenters. The SMILES string of the molecule is CCn1c(N2CCN(C(=O)c3ccccc3F)CC2)nc2cc3c(cc2c1=O)OCCO3. The van der Waals surface area contributed by atoms with Gasteiger partial charge in [-0.1, -0.05) is 12.1 Å². The fourth-order valence-electron chi connectivity index (χ4n) is 4.19. The summed E-state index contributed by atoms with van der Waals surface area (Å²) in [6.07, 6.45) is 0. The molecule has 8 nitrogen and oxygen atoms in total. The maximum Gasteiger partial charge on any atom is 0.262 e. The maximum atomic E-state index is 14.0. The second-order valence-corrected chi connectivity index (χ2v) is 7.73. The molecule has 0 bridgehead atoms. The Morgan fingerprint density at radius 2 is 1.75 bits per heavy atom. The van der Waals surface area contributed by atoms with Gasteiger partial charge in [-0.3, -0.25) is 14.2 Å². The average molecular weight is 438 g/mol. The number of fused-ring (bicyclic) bond motifs is 2. The highest BCUT2D eigenvalue weighted by Gasteiger charge is 2.27. The number of hydrogen-bond acceptors (Lipinski definition) is 6. The summed E-state index contributed by atoms with van der Waals surface area (Å²) in [6, 6.07) is 9.44. The molecule has 1 fully saturated rings. The molecule has 1 aromatic heterocycles. The monoisotopic (exact) mass is 438 g/mol. The smallest absolute Gasteiger partial charge is 0.262 e. The molecule has 0 N–H and O–H groups in total. The molecule has 0 saturated carbocycles. The lowest BCUT2D eigenvalue weighted by Crippen LogP contribution is -2.50. The predicted octanol–water partition coefficient (Wildman–Crippen LogP) is 2.29. The summed E-state index contributed by atoms with van der Waals surface area (Å²) in [5.41, 5.74) is 0.473. The summed E-state index contributed by atoms with van der Waals surface area (Å²) in [4.78, 5) is 34.3. The average Bonchev–Trinajstić information content (AvgIpc) is 2.83. The van der Waals surface area contributed by atoms with Crippen molar-refractivity contribution in [3.8, 4) is 11.5 Å². The summed E-state index contributed by atoms with van der Waals surface area (Å²) >= 11 is 0. The molecule has 9 heteroatoms. The Morgan fingerprint density at radius 1 is 1.06 bits per heavy atom. The highest BCUT2D eigenvalue weighted by atomic mass is 19.1. The quantitative estimate of drug-likeness (QED) is 0.625. The summed E-state index contributed by atoms with van der Waals surface area (Å²) in [7, 11) is 0. The maximum absolute atomic E-state index is 14.0. The Labute approximate surface area is 183 Å². The molecule has 2 aliphatic rings. The van der Waals surface area contributed by atoms with Crippen molar-refractivity contribution in [2.24, 2.45) is 0 Å². The minimum absolute atomic E-state index is 0.0715. The van der Waals surface area contributed by atoms with E-state index in [2.05, 4.69) is 0 Å². The fraction of sp³-hybridized carbons (Fsp3) is 0.348. The molecule has 5 rings (SSSR count). The van der Waals surface area contributed by atoms with Gasteiger partial charge in [0.25, 0.3) is 11.5 Å². The van der Waals surface area contributed by atoms with Crippen molar-refractivity contribution in [2.75, 3.05) is 44.3 Å². The van der Waals surface area contributed by atoms with Crippen LogP contribution in [-0.4, -0.2) is 59.8 Å². The Hall–Kier alpha value is -3.62. The zero-order valence-corrected chi connectivity index (χ0v) is 17.7. The van der Waals surface area contributed by atoms with Crippen LogP contribution in [0, 0.1) is 5.82 Å². The molecule has 0 aliphatic carbocycles. The lowest BCUT2D eigenvalue weighted by molar-refractivity contribution is 0.0741. The number of ether oxygens (including phenoxy) is 2. The van der Waals surface area contributed by atoms with Gasteiger partial charge < -0.3 is 19.3 Å². The summed E-state index contributed by atoms with van der Waals surface area (Å²) in [5, 5.41) is 0.480. The van der Waals surface area contributed by atoms with E-state index in [1.165, 1.54) is 12.1 Å². The Balaban J connectivity index is 1.43. The van der Waals surface area contributed by atoms with Gasteiger partial charge >= 0.3 is 0 Å². The van der Waals surface area contributed by atoms with Crippen LogP contribution in [0.4, 0.5) is 10.3 Å². The molecule has 0 radical (unpaired) electrons. The normalized spacial score (nSPS) is 15.8. The van der Waals surface area contributed by atoms with Gasteiger partial charge in [-0.25, -0.2) is 9.37 Å². The number of hydrogen-bond donors (Lipinski definition) is 0. The van der Waals surface area contributed by atoms with Gasteiger partial charge in [-0.15, -0.1) is 0 Å². The van der Waals surface area contributed by atoms with Gasteiger partial charge in [0, 0.05) is 38.8 Å². The summed E-state index contributed by atoms with van der Waals surface area (Å²) in [5.74, 6) is 0.838. The summed E-state index contributed by atoms with van der Waals surface area (Å²) in [6.45, 7) is 5.05. The van der Waals surface area contributed by atoms with E-state index >= 15 is 0 Å². The van der Waals surface area contributed by atoms with Gasteiger partial charge in [0.1, 0.15) is 19.0 Å². The third-order valence-electron chi connectivity index (χ3n) is 5.87. The molecule has 3 heterocycles. The number of aromatic nitrogens is 2. The Bertz CT molecular complexity index is 1250. The topological polar surface area (TPSA) is 76.9 Å². The molecule has 2 aromatic carbocycles. The van der Waals surface area contributed by atoms with Crippen molar-refractivity contribution in [3.05, 3.63) is 58.1 Å². The van der Waals surface area contributed by atoms with Crippen molar-refractivity contribution in [3.63, 3.8) is 0 Å². The minimum Gasteiger partial charge on any atom is -0.486 e. The molecule has 1 saturated heterocycles. The first-order chi connectivity index (χ1) is 15.6. The van der Waals surface area contributed by atoms with Gasteiger partial charge in [0.05, 0.1) is 16.5 Å². The van der Waals surface area contributed by atoms with E-state index < -0.39 is 5.82 Å². The second kappa shape index (κ2) is 8.14. The van der Waals surface area contributed by atoms with Gasteiger partial charge in [-0.2, -0.15) is 0 Å². The largest absolute Gasteiger partial charge is 0.486 e. The van der Waals surface area contributed by atoms with E-state index in [0.29, 0.717) is 74.3 Å². The number of carbonyl (C=O) groups is 1. The zero-order valence-electron chi connectivity index (χ0n) is 17.7. The molecular formula is C23H23FN4O4. The van der Waals surface area contributed by atoms with Crippen LogP contribution in [0.3, 0.4) is 0 Å². The molecule has 3 aromatic rings. The number of benzene rings is 2. The van der Waals surface area contributed by atoms with Crippen molar-refractivity contribution in [2.45, 2.75) is 13.5 Å². The van der Waals surface area contributed by atoms with E-state index in [1.807, 2.05) is 11.8 Å². The van der Waals surface area contributed by atoms with E-state index in [4.69, 9.17) is 14.5 Å². The molecular weight excluding hydrogens is 415 g/mol. The first-order valence-electron chi connectivity index (χ1n) is 10.7. The van der Waals surface area contributed by atoms with Crippen LogP contribution >= 0.6 is 0 Å². The van der Waals surface area contributed by atoms with Crippen molar-refractivity contribution >= 4 is 22.8 Å². The highest BCUT2D eigenvalue weighted by molar-refractivity contribution is 5.94. The number of rotatable bonds is 3. The van der Waals surface area contributed by atoms with Crippen LogP contribution in [-0.2, 0) is 6.54 Å². The summed E-state index contributed by atoms with van der Waals surface area (Å²) < 4.78 is 26.9. The van der Waals surface area contributed by atoms with Crippen molar-refractivity contribution in [1.82, 2.24) is 14.5 Å². The standard InChI is InChI=1S/C23H23FN4O4/c1-2-28-22(30)16-13-19-20(32-12-11-31-19)14-18(16)25-23(28)27-9-7-26(8-10-27)21(29)15-5-3-4-6-17(15)24/h3-6,13-14H,2,7-12H2,1H3. The van der Waals surface area contributed by atoms with E-state index in [9.17, 15) is 14.0 Å². The molecule has 0 spiro atoms. The van der Waals surface area contributed by atoms with Crippen LogP contribution in [0.25, 0.3) is 10.9 Å². The fourth-order valence-corrected chi connectivity index (χ4v) is 4.19. The lowest BCUT2D eigenvalue weighted by Gasteiger charge is -2.36. The van der Waals surface area contributed by atoms with E-state index in [0.717, 1.165) is 0 Å². The van der Waals surface area contributed by atoms with Gasteiger partial charge in [-0.05, 0) is 25.1 Å². The zero-order chi connectivity index (χ0) is 22.2. The van der Waals surface area contributed by atoms with Crippen LogP contribution in [0.15, 0.2) is 41.2 Å². The van der Waals surface area contributed by atoms with Crippen LogP contribution in [0.2, 0.25) is 0 Å². The van der Waals surface area contributed by atoms with Gasteiger partial charge in [0.15, 0.2) is 11.5 Å². The van der Waals surface area contributed by atoms with Crippen LogP contribution < -0.4 is 19.9 Å². The van der Waals surface area contributed by atoms with Gasteiger partial charge in [0.2, 0.25) is 5.95 Å².